The van der Waals surface area contributed by atoms with E-state index in [-0.39, 0.29) is 29.7 Å². The van der Waals surface area contributed by atoms with Gasteiger partial charge in [0.1, 0.15) is 30.3 Å². The molecule has 2 aliphatic carbocycles. The first kappa shape index (κ1) is 44.8. The molecular formula is C57H55ClN4O7. The summed E-state index contributed by atoms with van der Waals surface area (Å²) >= 11 is 6.10. The Morgan fingerprint density at radius 3 is 2.30 bits per heavy atom. The number of amides is 2. The van der Waals surface area contributed by atoms with Gasteiger partial charge in [-0.15, -0.1) is 0 Å². The molecule has 11 nitrogen and oxygen atoms in total. The number of carbonyl (C=O) groups is 4. The smallest absolute Gasteiger partial charge is 0.262 e. The van der Waals surface area contributed by atoms with E-state index in [0.29, 0.717) is 70.5 Å². The van der Waals surface area contributed by atoms with Crippen molar-refractivity contribution in [3.05, 3.63) is 155 Å². The fraction of sp³-hybridized carbons (Fsp3) is 0.351. The Morgan fingerprint density at radius 1 is 0.797 bits per heavy atom. The van der Waals surface area contributed by atoms with E-state index in [9.17, 15) is 24.3 Å². The molecular weight excluding hydrogens is 888 g/mol. The number of carboxylic acid groups (broad SMARTS) is 1. The molecule has 1 aromatic heterocycles. The average molecular weight is 944 g/mol. The van der Waals surface area contributed by atoms with Gasteiger partial charge in [0.05, 0.1) is 30.6 Å². The summed E-state index contributed by atoms with van der Waals surface area (Å²) in [5.41, 5.74) is 11.6. The average Bonchev–Trinajstić information content (AvgIpc) is 3.63. The number of hydrogen-bond acceptors (Lipinski definition) is 7. The van der Waals surface area contributed by atoms with Crippen LogP contribution in [0, 0.1) is 6.92 Å². The second-order valence-corrected chi connectivity index (χ2v) is 19.8. The summed E-state index contributed by atoms with van der Waals surface area (Å²) < 4.78 is 16.8. The molecule has 2 N–H and O–H groups in total. The van der Waals surface area contributed by atoms with Crippen molar-refractivity contribution in [3.8, 4) is 17.2 Å². The number of aryl methyl sites for hydroxylation is 2. The number of ether oxygens (including phenoxy) is 2. The van der Waals surface area contributed by atoms with E-state index in [1.807, 2.05) is 19.1 Å². The molecule has 4 heterocycles. The Bertz CT molecular complexity index is 3290. The summed E-state index contributed by atoms with van der Waals surface area (Å²) in [5, 5.41) is 22.6. The van der Waals surface area contributed by atoms with Crippen LogP contribution in [-0.2, 0) is 36.9 Å². The molecule has 69 heavy (non-hydrogen) atoms. The Morgan fingerprint density at radius 2 is 1.52 bits per heavy atom. The van der Waals surface area contributed by atoms with Gasteiger partial charge in [-0.3, -0.25) is 19.0 Å². The molecule has 0 saturated carbocycles. The molecule has 2 amide bonds. The molecule has 5 aliphatic rings. The zero-order valence-corrected chi connectivity index (χ0v) is 39.9. The van der Waals surface area contributed by atoms with Gasteiger partial charge < -0.3 is 30.0 Å². The molecule has 0 saturated heterocycles. The van der Waals surface area contributed by atoms with Gasteiger partial charge in [-0.25, -0.2) is 4.58 Å². The van der Waals surface area contributed by atoms with Crippen LogP contribution in [0.5, 0.6) is 17.2 Å². The van der Waals surface area contributed by atoms with Gasteiger partial charge in [-0.05, 0) is 172 Å². The number of carbonyl (C=O) groups excluding carboxylic acids is 4. The SMILES string of the molecule is COc1ccc2c(c1)c(CC(=O)NCCCCNC(=O)c1ccc(C(=O)[O-])c(C3=c4cc5c6c(c4Oc4c3cc3c7c4CCCC7CCC3)CCC[N+]=6CCC5)c1)c(C)n2C(=O)c1ccc(Cl)cc1. The van der Waals surface area contributed by atoms with Gasteiger partial charge in [0.25, 0.3) is 11.8 Å². The number of fused-ring (bicyclic) bond motifs is 5. The molecule has 0 radical (unpaired) electrons. The van der Waals surface area contributed by atoms with Crippen LogP contribution in [0.1, 0.15) is 139 Å². The molecule has 0 bridgehead atoms. The van der Waals surface area contributed by atoms with Crippen LogP contribution in [0.2, 0.25) is 5.02 Å². The Hall–Kier alpha value is -6.72. The monoisotopic (exact) mass is 942 g/mol. The number of aromatic nitrogens is 1. The molecule has 6 aromatic rings. The third kappa shape index (κ3) is 7.98. The number of aromatic carboxylic acids is 1. The molecule has 1 atom stereocenters. The first-order valence-electron chi connectivity index (χ1n) is 24.6. The lowest BCUT2D eigenvalue weighted by atomic mass is 9.71. The number of nitrogens with one attached hydrogen (secondary N) is 2. The third-order valence-corrected chi connectivity index (χ3v) is 15.5. The predicted molar refractivity (Wildman–Crippen MR) is 264 cm³/mol. The van der Waals surface area contributed by atoms with E-state index in [1.54, 1.807) is 54.1 Å². The lowest BCUT2D eigenvalue weighted by Gasteiger charge is -2.36. The van der Waals surface area contributed by atoms with E-state index in [4.69, 9.17) is 21.1 Å². The normalized spacial score (nSPS) is 16.4. The van der Waals surface area contributed by atoms with Crippen molar-refractivity contribution in [1.29, 1.82) is 0 Å². The first-order valence-corrected chi connectivity index (χ1v) is 25.0. The number of methoxy groups -OCH3 is 1. The molecule has 0 spiro atoms. The minimum atomic E-state index is -1.29. The van der Waals surface area contributed by atoms with Crippen LogP contribution in [0.25, 0.3) is 16.5 Å². The van der Waals surface area contributed by atoms with Crippen LogP contribution >= 0.6 is 11.6 Å². The van der Waals surface area contributed by atoms with Crippen LogP contribution in [-0.4, -0.2) is 61.5 Å². The zero-order chi connectivity index (χ0) is 47.5. The zero-order valence-electron chi connectivity index (χ0n) is 39.2. The predicted octanol–water partition coefficient (Wildman–Crippen LogP) is 7.03. The summed E-state index contributed by atoms with van der Waals surface area (Å²) in [4.78, 5) is 54.3. The maximum Gasteiger partial charge on any atom is 0.262 e. The standard InChI is InChI=1S/C57H55ClN4O7/c1-32-43(44-30-39(68-2)20-22-48(44)62(32)56(65)34-15-18-38(58)19-16-34)31-49(63)59-23-3-4-24-60-55(64)37-17-21-40(57(66)67)45(29-37)51-46-27-35-11-5-9-33-10-6-13-41(50(33)35)53(46)69-54-42-14-8-26-61-25-7-12-36(52(42)61)28-47(51)54/h15-22,27-30,33H,3-14,23-26,31H2,1-2H3,(H2-,59,60,63,64,66,67). The number of hydrogen-bond donors (Lipinski definition) is 2. The van der Waals surface area contributed by atoms with Gasteiger partial charge in [0, 0.05) is 80.6 Å². The molecule has 3 aliphatic heterocycles. The van der Waals surface area contributed by atoms with Crippen LogP contribution in [0.4, 0.5) is 0 Å². The quantitative estimate of drug-likeness (QED) is 0.0991. The molecule has 11 rings (SSSR count). The summed E-state index contributed by atoms with van der Waals surface area (Å²) in [6.07, 6.45) is 11.6. The maximum absolute atomic E-state index is 14.0. The van der Waals surface area contributed by atoms with Crippen LogP contribution < -0.4 is 40.4 Å². The third-order valence-electron chi connectivity index (χ3n) is 15.3. The minimum absolute atomic E-state index is 0.0420. The highest BCUT2D eigenvalue weighted by Gasteiger charge is 2.37. The molecule has 12 heteroatoms. The van der Waals surface area contributed by atoms with Gasteiger partial charge in [0.15, 0.2) is 0 Å². The lowest BCUT2D eigenvalue weighted by molar-refractivity contribution is -0.255. The van der Waals surface area contributed by atoms with Crippen LogP contribution in [0.3, 0.4) is 0 Å². The number of unbranched alkanes of at least 4 members (excludes halogenated alkanes) is 1. The molecule has 352 valence electrons. The summed E-state index contributed by atoms with van der Waals surface area (Å²) in [6.45, 7) is 4.62. The van der Waals surface area contributed by atoms with Crippen molar-refractivity contribution >= 4 is 51.8 Å². The van der Waals surface area contributed by atoms with Gasteiger partial charge in [0.2, 0.25) is 11.3 Å². The van der Waals surface area contributed by atoms with E-state index >= 15 is 0 Å². The topological polar surface area (TPSA) is 142 Å². The summed E-state index contributed by atoms with van der Waals surface area (Å²) in [5.74, 6) is 0.793. The number of benzene rings is 5. The van der Waals surface area contributed by atoms with E-state index in [0.717, 1.165) is 103 Å². The number of nitrogens with zero attached hydrogens (tertiary/aromatic N) is 2. The van der Waals surface area contributed by atoms with Gasteiger partial charge in [-0.2, -0.15) is 0 Å². The first-order chi connectivity index (χ1) is 33.6. The van der Waals surface area contributed by atoms with Crippen molar-refractivity contribution in [2.75, 3.05) is 33.3 Å². The van der Waals surface area contributed by atoms with E-state index < -0.39 is 5.97 Å². The molecule has 1 unspecified atom stereocenters. The van der Waals surface area contributed by atoms with E-state index in [2.05, 4.69) is 27.3 Å². The Labute approximate surface area is 405 Å². The number of rotatable bonds is 12. The van der Waals surface area contributed by atoms with Gasteiger partial charge >= 0.3 is 0 Å². The van der Waals surface area contributed by atoms with Crippen molar-refractivity contribution in [2.45, 2.75) is 96.3 Å². The second kappa shape index (κ2) is 18.3. The van der Waals surface area contributed by atoms with E-state index in [1.165, 1.54) is 52.1 Å². The van der Waals surface area contributed by atoms with Crippen molar-refractivity contribution in [3.63, 3.8) is 0 Å². The van der Waals surface area contributed by atoms with Crippen LogP contribution in [0.15, 0.2) is 72.8 Å². The number of carboxylic acids is 1. The second-order valence-electron chi connectivity index (χ2n) is 19.3. The summed E-state index contributed by atoms with van der Waals surface area (Å²) in [6, 6.07) is 21.5. The largest absolute Gasteiger partial charge is 0.545 e. The lowest BCUT2D eigenvalue weighted by Crippen LogP contribution is -2.45. The van der Waals surface area contributed by atoms with Crippen molar-refractivity contribution in [2.24, 2.45) is 0 Å². The molecule has 5 aromatic carbocycles. The highest BCUT2D eigenvalue weighted by molar-refractivity contribution is 6.30. The fourth-order valence-corrected chi connectivity index (χ4v) is 12.2. The number of halogens is 1. The van der Waals surface area contributed by atoms with Crippen molar-refractivity contribution in [1.82, 2.24) is 19.8 Å². The fourth-order valence-electron chi connectivity index (χ4n) is 12.1. The highest BCUT2D eigenvalue weighted by atomic mass is 35.5. The Kier molecular flexibility index (Phi) is 11.9. The molecule has 0 fully saturated rings. The minimum Gasteiger partial charge on any atom is -0.545 e. The Balaban J connectivity index is 0.832. The highest BCUT2D eigenvalue weighted by Crippen LogP contribution is 2.50. The maximum atomic E-state index is 14.0. The van der Waals surface area contributed by atoms with Gasteiger partial charge in [-0.1, -0.05) is 17.7 Å². The summed E-state index contributed by atoms with van der Waals surface area (Å²) in [7, 11) is 1.58. The van der Waals surface area contributed by atoms with Crippen molar-refractivity contribution < 1.29 is 33.8 Å².